The number of carbonyl (C=O) groups excluding carboxylic acids is 1. The van der Waals surface area contributed by atoms with Crippen LogP contribution in [0.3, 0.4) is 0 Å². The van der Waals surface area contributed by atoms with E-state index in [1.807, 2.05) is 18.2 Å². The molecule has 3 rings (SSSR count). The Balaban J connectivity index is 1.63. The van der Waals surface area contributed by atoms with E-state index in [9.17, 15) is 9.59 Å². The average Bonchev–Trinajstić information content (AvgIpc) is 3.17. The zero-order chi connectivity index (χ0) is 15.5. The van der Waals surface area contributed by atoms with Crippen LogP contribution in [-0.4, -0.2) is 52.5 Å². The van der Waals surface area contributed by atoms with Crippen molar-refractivity contribution < 1.29 is 14.7 Å². The van der Waals surface area contributed by atoms with Gasteiger partial charge in [-0.05, 0) is 31.4 Å². The molecule has 0 saturated carbocycles. The van der Waals surface area contributed by atoms with Crippen molar-refractivity contribution in [2.24, 2.45) is 5.92 Å². The third-order valence-corrected chi connectivity index (χ3v) is 4.73. The third kappa shape index (κ3) is 3.14. The van der Waals surface area contributed by atoms with E-state index in [1.165, 1.54) is 5.56 Å². The second-order valence-corrected chi connectivity index (χ2v) is 6.22. The summed E-state index contributed by atoms with van der Waals surface area (Å²) in [4.78, 5) is 27.7. The van der Waals surface area contributed by atoms with E-state index in [2.05, 4.69) is 17.0 Å². The summed E-state index contributed by atoms with van der Waals surface area (Å²) in [5, 5.41) is 9.08. The van der Waals surface area contributed by atoms with Crippen LogP contribution >= 0.6 is 0 Å². The van der Waals surface area contributed by atoms with Gasteiger partial charge in [-0.25, -0.2) is 0 Å². The second kappa shape index (κ2) is 6.48. The van der Waals surface area contributed by atoms with Crippen LogP contribution in [-0.2, 0) is 16.1 Å². The third-order valence-electron chi connectivity index (χ3n) is 4.73. The maximum Gasteiger partial charge on any atom is 0.308 e. The number of rotatable bonds is 4. The van der Waals surface area contributed by atoms with Gasteiger partial charge in [0, 0.05) is 19.6 Å². The number of benzene rings is 1. The lowest BCUT2D eigenvalue weighted by Gasteiger charge is -2.27. The monoisotopic (exact) mass is 302 g/mol. The molecule has 22 heavy (non-hydrogen) atoms. The van der Waals surface area contributed by atoms with Crippen LogP contribution in [0.2, 0.25) is 0 Å². The van der Waals surface area contributed by atoms with Gasteiger partial charge >= 0.3 is 5.97 Å². The Kier molecular flexibility index (Phi) is 4.43. The van der Waals surface area contributed by atoms with E-state index in [4.69, 9.17) is 5.11 Å². The molecule has 0 aromatic heterocycles. The fraction of sp³-hybridized carbons (Fsp3) is 0.529. The fourth-order valence-corrected chi connectivity index (χ4v) is 3.49. The lowest BCUT2D eigenvalue weighted by atomic mass is 10.1. The summed E-state index contributed by atoms with van der Waals surface area (Å²) in [6.45, 7) is 2.66. The second-order valence-electron chi connectivity index (χ2n) is 6.22. The predicted octanol–water partition coefficient (Wildman–Crippen LogP) is 1.58. The van der Waals surface area contributed by atoms with Gasteiger partial charge in [-0.3, -0.25) is 14.5 Å². The van der Waals surface area contributed by atoms with E-state index in [1.54, 1.807) is 4.90 Å². The zero-order valence-corrected chi connectivity index (χ0v) is 12.6. The van der Waals surface area contributed by atoms with Crippen LogP contribution in [0.5, 0.6) is 0 Å². The molecule has 2 fully saturated rings. The molecule has 2 atom stereocenters. The first-order valence-electron chi connectivity index (χ1n) is 7.94. The summed E-state index contributed by atoms with van der Waals surface area (Å²) >= 11 is 0. The minimum absolute atomic E-state index is 0.0900. The maximum absolute atomic E-state index is 12.7. The van der Waals surface area contributed by atoms with Crippen molar-refractivity contribution in [3.63, 3.8) is 0 Å². The van der Waals surface area contributed by atoms with Crippen molar-refractivity contribution in [3.05, 3.63) is 35.9 Å². The lowest BCUT2D eigenvalue weighted by Crippen LogP contribution is -2.44. The topological polar surface area (TPSA) is 60.9 Å². The number of carboxylic acids is 1. The SMILES string of the molecule is O=C(O)[C@@H]1CCN(C(=O)[C@H]2CCCN2Cc2ccccc2)C1. The molecule has 0 bridgehead atoms. The molecular formula is C17H22N2O3. The molecule has 2 aliphatic rings. The molecule has 2 heterocycles. The van der Waals surface area contributed by atoms with Crippen molar-refractivity contribution in [3.8, 4) is 0 Å². The Bertz CT molecular complexity index is 546. The van der Waals surface area contributed by atoms with Crippen LogP contribution in [0.15, 0.2) is 30.3 Å². The number of carboxylic acid groups (broad SMARTS) is 1. The Labute approximate surface area is 130 Å². The highest BCUT2D eigenvalue weighted by molar-refractivity contribution is 5.83. The van der Waals surface area contributed by atoms with E-state index in [-0.39, 0.29) is 11.9 Å². The minimum Gasteiger partial charge on any atom is -0.481 e. The van der Waals surface area contributed by atoms with Crippen molar-refractivity contribution in [2.75, 3.05) is 19.6 Å². The zero-order valence-electron chi connectivity index (χ0n) is 12.6. The van der Waals surface area contributed by atoms with Crippen molar-refractivity contribution >= 4 is 11.9 Å². The van der Waals surface area contributed by atoms with Gasteiger partial charge in [0.1, 0.15) is 0 Å². The first-order chi connectivity index (χ1) is 10.6. The van der Waals surface area contributed by atoms with Crippen molar-refractivity contribution in [1.29, 1.82) is 0 Å². The molecular weight excluding hydrogens is 280 g/mol. The molecule has 2 aliphatic heterocycles. The summed E-state index contributed by atoms with van der Waals surface area (Å²) in [6.07, 6.45) is 2.48. The highest BCUT2D eigenvalue weighted by atomic mass is 16.4. The summed E-state index contributed by atoms with van der Waals surface area (Å²) in [7, 11) is 0. The Morgan fingerprint density at radius 3 is 2.59 bits per heavy atom. The lowest BCUT2D eigenvalue weighted by molar-refractivity contribution is -0.141. The van der Waals surface area contributed by atoms with Crippen LogP contribution in [0.25, 0.3) is 0 Å². The summed E-state index contributed by atoms with van der Waals surface area (Å²) in [5.41, 5.74) is 1.21. The molecule has 1 aromatic rings. The summed E-state index contributed by atoms with van der Waals surface area (Å²) < 4.78 is 0. The molecule has 1 N–H and O–H groups in total. The van der Waals surface area contributed by atoms with Gasteiger partial charge < -0.3 is 10.0 Å². The van der Waals surface area contributed by atoms with Crippen LogP contribution < -0.4 is 0 Å². The van der Waals surface area contributed by atoms with Gasteiger partial charge in [-0.2, -0.15) is 0 Å². The Hall–Kier alpha value is -1.88. The van der Waals surface area contributed by atoms with E-state index >= 15 is 0 Å². The van der Waals surface area contributed by atoms with E-state index in [0.29, 0.717) is 19.5 Å². The highest BCUT2D eigenvalue weighted by Gasteiger charge is 2.38. The van der Waals surface area contributed by atoms with Gasteiger partial charge in [0.25, 0.3) is 0 Å². The predicted molar refractivity (Wildman–Crippen MR) is 82.2 cm³/mol. The fourth-order valence-electron chi connectivity index (χ4n) is 3.49. The molecule has 0 radical (unpaired) electrons. The number of aliphatic carboxylic acids is 1. The molecule has 0 spiro atoms. The quantitative estimate of drug-likeness (QED) is 0.917. The molecule has 1 amide bonds. The summed E-state index contributed by atoms with van der Waals surface area (Å²) in [5.74, 6) is -1.08. The highest BCUT2D eigenvalue weighted by Crippen LogP contribution is 2.25. The molecule has 1 aromatic carbocycles. The van der Waals surface area contributed by atoms with Crippen LogP contribution in [0.4, 0.5) is 0 Å². The molecule has 5 heteroatoms. The van der Waals surface area contributed by atoms with Crippen molar-refractivity contribution in [1.82, 2.24) is 9.80 Å². The number of hydrogen-bond donors (Lipinski definition) is 1. The number of carbonyl (C=O) groups is 2. The molecule has 2 saturated heterocycles. The van der Waals surface area contributed by atoms with Gasteiger partial charge in [-0.1, -0.05) is 30.3 Å². The number of amides is 1. The maximum atomic E-state index is 12.7. The molecule has 118 valence electrons. The molecule has 0 aliphatic carbocycles. The van der Waals surface area contributed by atoms with Gasteiger partial charge in [0.05, 0.1) is 12.0 Å². The number of hydrogen-bond acceptors (Lipinski definition) is 3. The number of nitrogens with zero attached hydrogens (tertiary/aromatic N) is 2. The van der Waals surface area contributed by atoms with Crippen LogP contribution in [0.1, 0.15) is 24.8 Å². The van der Waals surface area contributed by atoms with E-state index in [0.717, 1.165) is 25.9 Å². The number of likely N-dealkylation sites (tertiary alicyclic amines) is 2. The first-order valence-corrected chi connectivity index (χ1v) is 7.94. The Morgan fingerprint density at radius 1 is 1.14 bits per heavy atom. The largest absolute Gasteiger partial charge is 0.481 e. The summed E-state index contributed by atoms with van der Waals surface area (Å²) in [6, 6.07) is 10.1. The normalized spacial score (nSPS) is 25.5. The Morgan fingerprint density at radius 2 is 1.91 bits per heavy atom. The standard InChI is InChI=1S/C17H22N2O3/c20-16(19-10-8-14(12-19)17(21)22)15-7-4-9-18(15)11-13-5-2-1-3-6-13/h1-3,5-6,14-15H,4,7-12H2,(H,21,22)/t14-,15-/m1/s1. The van der Waals surface area contributed by atoms with Gasteiger partial charge in [0.2, 0.25) is 5.91 Å². The van der Waals surface area contributed by atoms with Gasteiger partial charge in [-0.15, -0.1) is 0 Å². The van der Waals surface area contributed by atoms with E-state index < -0.39 is 11.9 Å². The van der Waals surface area contributed by atoms with Gasteiger partial charge in [0.15, 0.2) is 0 Å². The average molecular weight is 302 g/mol. The molecule has 0 unspecified atom stereocenters. The first kappa shape index (κ1) is 15.0. The smallest absolute Gasteiger partial charge is 0.308 e. The molecule has 5 nitrogen and oxygen atoms in total. The van der Waals surface area contributed by atoms with Crippen molar-refractivity contribution in [2.45, 2.75) is 31.8 Å². The van der Waals surface area contributed by atoms with Crippen LogP contribution in [0, 0.1) is 5.92 Å². The minimum atomic E-state index is -0.789.